The monoisotopic (exact) mass is 571 g/mol. The number of rotatable bonds is 9. The second kappa shape index (κ2) is 10.6. The van der Waals surface area contributed by atoms with E-state index in [0.29, 0.717) is 18.8 Å². The maximum atomic E-state index is 12.0. The Morgan fingerprint density at radius 1 is 1.00 bits per heavy atom. The van der Waals surface area contributed by atoms with Crippen molar-refractivity contribution in [2.24, 2.45) is 5.41 Å². The lowest BCUT2D eigenvalue weighted by Crippen LogP contribution is -2.28. The number of imidazole rings is 1. The summed E-state index contributed by atoms with van der Waals surface area (Å²) < 4.78 is 9.38. The summed E-state index contributed by atoms with van der Waals surface area (Å²) >= 11 is 3.53. The van der Waals surface area contributed by atoms with Gasteiger partial charge in [-0.1, -0.05) is 59.3 Å². The summed E-state index contributed by atoms with van der Waals surface area (Å²) in [5.74, 6) is 0.610. The van der Waals surface area contributed by atoms with E-state index in [1.165, 1.54) is 0 Å². The van der Waals surface area contributed by atoms with Gasteiger partial charge in [0.25, 0.3) is 0 Å². The van der Waals surface area contributed by atoms with Gasteiger partial charge in [0.1, 0.15) is 18.2 Å². The van der Waals surface area contributed by atoms with Crippen molar-refractivity contribution in [3.05, 3.63) is 100 Å². The predicted octanol–water partition coefficient (Wildman–Crippen LogP) is 7.58. The number of ether oxygens (including phenoxy) is 1. The number of carbonyl (C=O) groups is 1. The first kappa shape index (κ1) is 25.9. The fourth-order valence-corrected chi connectivity index (χ4v) is 5.02. The fourth-order valence-electron chi connectivity index (χ4n) is 4.75. The van der Waals surface area contributed by atoms with Crippen LogP contribution in [0.25, 0.3) is 21.9 Å². The summed E-state index contributed by atoms with van der Waals surface area (Å²) in [4.78, 5) is 21.6. The summed E-state index contributed by atoms with van der Waals surface area (Å²) in [7, 11) is 0. The molecule has 0 radical (unpaired) electrons. The van der Waals surface area contributed by atoms with Crippen LogP contribution in [-0.2, 0) is 17.8 Å². The van der Waals surface area contributed by atoms with Gasteiger partial charge in [-0.05, 0) is 62.2 Å². The molecule has 0 saturated heterocycles. The standard InChI is InChI=1S/C31H30BrN3O3/c1-4-27(21-9-12-22(32)13-10-21)35-28-17-24(15-16-26(28)34-29(35)18-31(2,3)30(36)37)38-19-23-14-11-20-7-5-6-8-25(20)33-23/h5-17,27H,4,18-19H2,1-3H3,(H,36,37). The molecule has 6 nitrogen and oxygen atoms in total. The van der Waals surface area contributed by atoms with E-state index in [9.17, 15) is 9.90 Å². The van der Waals surface area contributed by atoms with Crippen LogP contribution in [0.15, 0.2) is 83.3 Å². The Hall–Kier alpha value is -3.71. The molecule has 0 aliphatic carbocycles. The Bertz CT molecular complexity index is 1610. The molecule has 38 heavy (non-hydrogen) atoms. The minimum atomic E-state index is -0.960. The minimum absolute atomic E-state index is 0.00917. The lowest BCUT2D eigenvalue weighted by molar-refractivity contribution is -0.146. The molecule has 194 valence electrons. The molecule has 2 heterocycles. The van der Waals surface area contributed by atoms with E-state index in [1.54, 1.807) is 13.8 Å². The number of para-hydroxylation sites is 1. The Labute approximate surface area is 230 Å². The first-order valence-electron chi connectivity index (χ1n) is 12.7. The first-order valence-corrected chi connectivity index (χ1v) is 13.5. The van der Waals surface area contributed by atoms with Gasteiger partial charge in [-0.3, -0.25) is 4.79 Å². The van der Waals surface area contributed by atoms with Gasteiger partial charge in [0.2, 0.25) is 0 Å². The summed E-state index contributed by atoms with van der Waals surface area (Å²) in [6, 6.07) is 26.2. The van der Waals surface area contributed by atoms with Crippen LogP contribution in [0.3, 0.4) is 0 Å². The minimum Gasteiger partial charge on any atom is -0.487 e. The zero-order valence-corrected chi connectivity index (χ0v) is 23.3. The molecule has 1 N–H and O–H groups in total. The molecule has 5 rings (SSSR count). The molecule has 0 saturated carbocycles. The second-order valence-corrected chi connectivity index (χ2v) is 11.1. The van der Waals surface area contributed by atoms with Crippen molar-refractivity contribution in [3.8, 4) is 5.75 Å². The third-order valence-corrected chi connectivity index (χ3v) is 7.44. The smallest absolute Gasteiger partial charge is 0.309 e. The first-order chi connectivity index (χ1) is 18.2. The number of carboxylic acids is 1. The Balaban J connectivity index is 1.53. The molecule has 5 aromatic rings. The van der Waals surface area contributed by atoms with Gasteiger partial charge < -0.3 is 14.4 Å². The van der Waals surface area contributed by atoms with E-state index in [1.807, 2.05) is 60.7 Å². The molecule has 0 aliphatic heterocycles. The van der Waals surface area contributed by atoms with Crippen molar-refractivity contribution in [2.45, 2.75) is 46.3 Å². The largest absolute Gasteiger partial charge is 0.487 e. The Morgan fingerprint density at radius 2 is 1.76 bits per heavy atom. The van der Waals surface area contributed by atoms with E-state index < -0.39 is 11.4 Å². The van der Waals surface area contributed by atoms with Crippen LogP contribution >= 0.6 is 15.9 Å². The van der Waals surface area contributed by atoms with E-state index >= 15 is 0 Å². The maximum absolute atomic E-state index is 12.0. The topological polar surface area (TPSA) is 77.2 Å². The number of hydrogen-bond donors (Lipinski definition) is 1. The van der Waals surface area contributed by atoms with Crippen molar-refractivity contribution in [3.63, 3.8) is 0 Å². The number of nitrogens with zero attached hydrogens (tertiary/aromatic N) is 3. The molecule has 1 unspecified atom stereocenters. The number of carboxylic acid groups (broad SMARTS) is 1. The van der Waals surface area contributed by atoms with Crippen LogP contribution in [0.4, 0.5) is 0 Å². The van der Waals surface area contributed by atoms with Crippen molar-refractivity contribution in [1.82, 2.24) is 14.5 Å². The third kappa shape index (κ3) is 5.29. The molecule has 3 aromatic carbocycles. The molecule has 7 heteroatoms. The Kier molecular flexibility index (Phi) is 7.21. The van der Waals surface area contributed by atoms with E-state index in [-0.39, 0.29) is 6.04 Å². The number of fused-ring (bicyclic) bond motifs is 2. The zero-order chi connectivity index (χ0) is 26.9. The highest BCUT2D eigenvalue weighted by molar-refractivity contribution is 9.10. The molecular weight excluding hydrogens is 542 g/mol. The Morgan fingerprint density at radius 3 is 2.50 bits per heavy atom. The van der Waals surface area contributed by atoms with Crippen LogP contribution in [0.2, 0.25) is 0 Å². The van der Waals surface area contributed by atoms with Crippen molar-refractivity contribution in [1.29, 1.82) is 0 Å². The van der Waals surface area contributed by atoms with Crippen LogP contribution in [0.5, 0.6) is 5.75 Å². The number of halogens is 1. The molecule has 2 aromatic heterocycles. The number of hydrogen-bond acceptors (Lipinski definition) is 4. The van der Waals surface area contributed by atoms with E-state index in [4.69, 9.17) is 14.7 Å². The van der Waals surface area contributed by atoms with Crippen molar-refractivity contribution >= 4 is 43.8 Å². The van der Waals surface area contributed by atoms with Crippen LogP contribution < -0.4 is 4.74 Å². The van der Waals surface area contributed by atoms with E-state index in [0.717, 1.165) is 49.9 Å². The number of benzene rings is 3. The quantitative estimate of drug-likeness (QED) is 0.197. The van der Waals surface area contributed by atoms with Crippen molar-refractivity contribution < 1.29 is 14.6 Å². The lowest BCUT2D eigenvalue weighted by atomic mass is 9.89. The highest BCUT2D eigenvalue weighted by Gasteiger charge is 2.31. The fraction of sp³-hybridized carbons (Fsp3) is 0.258. The summed E-state index contributed by atoms with van der Waals surface area (Å²) in [5, 5.41) is 10.9. The number of aromatic nitrogens is 3. The molecule has 1 atom stereocenters. The van der Waals surface area contributed by atoms with Crippen LogP contribution in [0, 0.1) is 5.41 Å². The summed E-state index contributed by atoms with van der Waals surface area (Å²) in [5.41, 5.74) is 3.69. The maximum Gasteiger partial charge on any atom is 0.309 e. The highest BCUT2D eigenvalue weighted by atomic mass is 79.9. The zero-order valence-electron chi connectivity index (χ0n) is 21.7. The SMILES string of the molecule is CCC(c1ccc(Br)cc1)n1c(CC(C)(C)C(=O)O)nc2ccc(OCc3ccc4ccccc4n3)cc21. The molecular formula is C31H30BrN3O3. The van der Waals surface area contributed by atoms with Crippen LogP contribution in [-0.4, -0.2) is 25.6 Å². The third-order valence-electron chi connectivity index (χ3n) is 6.91. The van der Waals surface area contributed by atoms with Gasteiger partial charge in [0.05, 0.1) is 33.7 Å². The van der Waals surface area contributed by atoms with Gasteiger partial charge in [0, 0.05) is 22.3 Å². The van der Waals surface area contributed by atoms with Gasteiger partial charge in [-0.15, -0.1) is 0 Å². The van der Waals surface area contributed by atoms with Gasteiger partial charge in [-0.25, -0.2) is 9.97 Å². The highest BCUT2D eigenvalue weighted by Crippen LogP contribution is 2.34. The normalized spacial score (nSPS) is 12.6. The van der Waals surface area contributed by atoms with E-state index in [2.05, 4.69) is 45.6 Å². The molecule has 0 spiro atoms. The lowest BCUT2D eigenvalue weighted by Gasteiger charge is -2.24. The predicted molar refractivity (Wildman–Crippen MR) is 154 cm³/mol. The molecule has 0 amide bonds. The van der Waals surface area contributed by atoms with Gasteiger partial charge in [-0.2, -0.15) is 0 Å². The van der Waals surface area contributed by atoms with Crippen molar-refractivity contribution in [2.75, 3.05) is 0 Å². The average molecular weight is 573 g/mol. The van der Waals surface area contributed by atoms with Crippen LogP contribution in [0.1, 0.15) is 50.3 Å². The number of aliphatic carboxylic acids is 1. The summed E-state index contributed by atoms with van der Waals surface area (Å²) in [6.07, 6.45) is 1.13. The molecule has 0 bridgehead atoms. The molecule has 0 aliphatic rings. The average Bonchev–Trinajstić information content (AvgIpc) is 3.25. The number of pyridine rings is 1. The van der Waals surface area contributed by atoms with Gasteiger partial charge in [0.15, 0.2) is 0 Å². The molecule has 0 fully saturated rings. The van der Waals surface area contributed by atoms with Gasteiger partial charge >= 0.3 is 5.97 Å². The summed E-state index contributed by atoms with van der Waals surface area (Å²) in [6.45, 7) is 5.96. The second-order valence-electron chi connectivity index (χ2n) is 10.2.